The highest BCUT2D eigenvalue weighted by molar-refractivity contribution is 8.00. The fourth-order valence-corrected chi connectivity index (χ4v) is 2.61. The van der Waals surface area contributed by atoms with Gasteiger partial charge in [-0.1, -0.05) is 30.3 Å². The number of nitrogens with zero attached hydrogens (tertiary/aromatic N) is 3. The zero-order chi connectivity index (χ0) is 14.5. The summed E-state index contributed by atoms with van der Waals surface area (Å²) in [6, 6.07) is 7.04. The van der Waals surface area contributed by atoms with Crippen LogP contribution in [0.4, 0.5) is 5.69 Å². The Bertz CT molecular complexity index is 584. The molecule has 2 rings (SSSR count). The van der Waals surface area contributed by atoms with Crippen LogP contribution < -0.4 is 5.32 Å². The SMILES string of the molecule is CC[C@@H](Sc1nncn1C)C(=O)Nc1ccc(Cl)cc1. The van der Waals surface area contributed by atoms with Crippen molar-refractivity contribution in [3.05, 3.63) is 35.6 Å². The molecule has 20 heavy (non-hydrogen) atoms. The predicted molar refractivity (Wildman–Crippen MR) is 81.0 cm³/mol. The average molecular weight is 311 g/mol. The Morgan fingerprint density at radius 3 is 2.70 bits per heavy atom. The van der Waals surface area contributed by atoms with E-state index < -0.39 is 0 Å². The van der Waals surface area contributed by atoms with Crippen molar-refractivity contribution in [1.29, 1.82) is 0 Å². The van der Waals surface area contributed by atoms with Gasteiger partial charge < -0.3 is 9.88 Å². The Labute approximate surface area is 126 Å². The molecule has 0 bridgehead atoms. The maximum absolute atomic E-state index is 12.2. The number of hydrogen-bond donors (Lipinski definition) is 1. The van der Waals surface area contributed by atoms with Crippen molar-refractivity contribution < 1.29 is 4.79 Å². The Morgan fingerprint density at radius 1 is 1.45 bits per heavy atom. The highest BCUT2D eigenvalue weighted by atomic mass is 35.5. The maximum atomic E-state index is 12.2. The molecule has 7 heteroatoms. The second-order valence-electron chi connectivity index (χ2n) is 4.24. The lowest BCUT2D eigenvalue weighted by Gasteiger charge is -2.14. The van der Waals surface area contributed by atoms with Crippen LogP contribution in [0.5, 0.6) is 0 Å². The van der Waals surface area contributed by atoms with E-state index in [1.807, 2.05) is 14.0 Å². The standard InChI is InChI=1S/C13H15ClN4OS/c1-3-11(20-13-17-15-8-18(13)2)12(19)16-10-6-4-9(14)5-7-10/h4-8,11H,3H2,1-2H3,(H,16,19)/t11-/m1/s1. The van der Waals surface area contributed by atoms with Gasteiger partial charge in [0.15, 0.2) is 5.16 Å². The van der Waals surface area contributed by atoms with Gasteiger partial charge in [0.1, 0.15) is 6.33 Å². The van der Waals surface area contributed by atoms with Crippen LogP contribution in [0.3, 0.4) is 0 Å². The molecule has 0 radical (unpaired) electrons. The number of aromatic nitrogens is 3. The van der Waals surface area contributed by atoms with E-state index in [2.05, 4.69) is 15.5 Å². The number of halogens is 1. The van der Waals surface area contributed by atoms with Crippen molar-refractivity contribution >= 4 is 35.0 Å². The van der Waals surface area contributed by atoms with Crippen LogP contribution in [0.2, 0.25) is 5.02 Å². The van der Waals surface area contributed by atoms with Gasteiger partial charge in [0.25, 0.3) is 0 Å². The van der Waals surface area contributed by atoms with E-state index in [0.717, 1.165) is 10.8 Å². The zero-order valence-corrected chi connectivity index (χ0v) is 12.8. The molecule has 0 unspecified atom stereocenters. The summed E-state index contributed by atoms with van der Waals surface area (Å²) in [6.45, 7) is 1.97. The summed E-state index contributed by atoms with van der Waals surface area (Å²) in [5, 5.41) is 11.8. The summed E-state index contributed by atoms with van der Waals surface area (Å²) in [5.41, 5.74) is 0.733. The molecular formula is C13H15ClN4OS. The summed E-state index contributed by atoms with van der Waals surface area (Å²) in [4.78, 5) is 12.2. The molecule has 0 aliphatic heterocycles. The largest absolute Gasteiger partial charge is 0.325 e. The Kier molecular flexibility index (Phi) is 5.03. The minimum Gasteiger partial charge on any atom is -0.325 e. The predicted octanol–water partition coefficient (Wildman–Crippen LogP) is 2.98. The van der Waals surface area contributed by atoms with Gasteiger partial charge in [0, 0.05) is 17.8 Å². The van der Waals surface area contributed by atoms with Gasteiger partial charge in [-0.15, -0.1) is 10.2 Å². The van der Waals surface area contributed by atoms with E-state index in [0.29, 0.717) is 11.4 Å². The molecule has 1 aromatic carbocycles. The van der Waals surface area contributed by atoms with Crippen LogP contribution in [-0.2, 0) is 11.8 Å². The van der Waals surface area contributed by atoms with E-state index in [9.17, 15) is 4.79 Å². The van der Waals surface area contributed by atoms with Crippen molar-refractivity contribution in [2.24, 2.45) is 7.05 Å². The lowest BCUT2D eigenvalue weighted by atomic mass is 10.3. The number of rotatable bonds is 5. The van der Waals surface area contributed by atoms with Gasteiger partial charge in [-0.3, -0.25) is 4.79 Å². The number of carbonyl (C=O) groups excluding carboxylic acids is 1. The summed E-state index contributed by atoms with van der Waals surface area (Å²) in [5.74, 6) is -0.0529. The number of carbonyl (C=O) groups is 1. The minimum absolute atomic E-state index is 0.0529. The molecule has 0 spiro atoms. The number of thioether (sulfide) groups is 1. The van der Waals surface area contributed by atoms with E-state index in [4.69, 9.17) is 11.6 Å². The van der Waals surface area contributed by atoms with Crippen molar-refractivity contribution in [2.75, 3.05) is 5.32 Å². The van der Waals surface area contributed by atoms with Gasteiger partial charge >= 0.3 is 0 Å². The van der Waals surface area contributed by atoms with Crippen LogP contribution >= 0.6 is 23.4 Å². The minimum atomic E-state index is -0.214. The Hall–Kier alpha value is -1.53. The molecule has 1 aromatic heterocycles. The van der Waals surface area contributed by atoms with Crippen molar-refractivity contribution in [1.82, 2.24) is 14.8 Å². The first kappa shape index (κ1) is 14.9. The Balaban J connectivity index is 2.02. The number of nitrogens with one attached hydrogen (secondary N) is 1. The van der Waals surface area contributed by atoms with Crippen molar-refractivity contribution in [3.8, 4) is 0 Å². The molecule has 0 saturated heterocycles. The third-order valence-electron chi connectivity index (χ3n) is 2.69. The molecule has 1 N–H and O–H groups in total. The molecule has 0 aliphatic rings. The molecule has 1 amide bonds. The van der Waals surface area contributed by atoms with E-state index >= 15 is 0 Å². The number of amides is 1. The number of hydrogen-bond acceptors (Lipinski definition) is 4. The highest BCUT2D eigenvalue weighted by Crippen LogP contribution is 2.24. The Morgan fingerprint density at radius 2 is 2.15 bits per heavy atom. The fraction of sp³-hybridized carbons (Fsp3) is 0.308. The van der Waals surface area contributed by atoms with Crippen LogP contribution in [0.1, 0.15) is 13.3 Å². The third kappa shape index (κ3) is 3.74. The van der Waals surface area contributed by atoms with Gasteiger partial charge in [-0.2, -0.15) is 0 Å². The zero-order valence-electron chi connectivity index (χ0n) is 11.2. The van der Waals surface area contributed by atoms with Crippen molar-refractivity contribution in [2.45, 2.75) is 23.8 Å². The van der Waals surface area contributed by atoms with E-state index in [1.54, 1.807) is 35.2 Å². The fourth-order valence-electron chi connectivity index (χ4n) is 1.58. The van der Waals surface area contributed by atoms with Crippen LogP contribution in [-0.4, -0.2) is 25.9 Å². The van der Waals surface area contributed by atoms with Crippen LogP contribution in [0.25, 0.3) is 0 Å². The third-order valence-corrected chi connectivity index (χ3v) is 4.36. The summed E-state index contributed by atoms with van der Waals surface area (Å²) in [7, 11) is 1.85. The molecule has 0 aliphatic carbocycles. The first-order valence-corrected chi connectivity index (χ1v) is 7.43. The van der Waals surface area contributed by atoms with E-state index in [1.165, 1.54) is 11.8 Å². The molecule has 1 atom stereocenters. The number of aryl methyl sites for hydroxylation is 1. The molecule has 2 aromatic rings. The van der Waals surface area contributed by atoms with Gasteiger partial charge in [-0.25, -0.2) is 0 Å². The summed E-state index contributed by atoms with van der Waals surface area (Å²) >= 11 is 7.22. The monoisotopic (exact) mass is 310 g/mol. The first-order valence-electron chi connectivity index (χ1n) is 6.17. The average Bonchev–Trinajstić information content (AvgIpc) is 2.84. The smallest absolute Gasteiger partial charge is 0.237 e. The normalized spacial score (nSPS) is 12.2. The molecular weight excluding hydrogens is 296 g/mol. The van der Waals surface area contributed by atoms with Crippen molar-refractivity contribution in [3.63, 3.8) is 0 Å². The molecule has 0 fully saturated rings. The number of benzene rings is 1. The molecule has 1 heterocycles. The lowest BCUT2D eigenvalue weighted by molar-refractivity contribution is -0.115. The lowest BCUT2D eigenvalue weighted by Crippen LogP contribution is -2.24. The molecule has 5 nitrogen and oxygen atoms in total. The van der Waals surface area contributed by atoms with Gasteiger partial charge in [0.2, 0.25) is 5.91 Å². The summed E-state index contributed by atoms with van der Waals surface area (Å²) in [6.07, 6.45) is 2.32. The first-order chi connectivity index (χ1) is 9.60. The highest BCUT2D eigenvalue weighted by Gasteiger charge is 2.20. The maximum Gasteiger partial charge on any atom is 0.237 e. The molecule has 0 saturated carbocycles. The second-order valence-corrected chi connectivity index (χ2v) is 5.84. The van der Waals surface area contributed by atoms with Gasteiger partial charge in [0.05, 0.1) is 5.25 Å². The van der Waals surface area contributed by atoms with E-state index in [-0.39, 0.29) is 11.2 Å². The van der Waals surface area contributed by atoms with Crippen LogP contribution in [0, 0.1) is 0 Å². The van der Waals surface area contributed by atoms with Crippen LogP contribution in [0.15, 0.2) is 35.7 Å². The second kappa shape index (κ2) is 6.76. The van der Waals surface area contributed by atoms with Gasteiger partial charge in [-0.05, 0) is 30.7 Å². The quantitative estimate of drug-likeness (QED) is 0.863. The summed E-state index contributed by atoms with van der Waals surface area (Å²) < 4.78 is 1.79. The number of anilines is 1. The topological polar surface area (TPSA) is 59.8 Å². The molecule has 106 valence electrons.